The molecular formula is C8H15O2. The Morgan fingerprint density at radius 2 is 1.70 bits per heavy atom. The third-order valence-corrected chi connectivity index (χ3v) is 1.96. The van der Waals surface area contributed by atoms with Crippen LogP contribution in [0.1, 0.15) is 20.8 Å². The summed E-state index contributed by atoms with van der Waals surface area (Å²) in [4.78, 5) is 0. The van der Waals surface area contributed by atoms with Gasteiger partial charge in [0.25, 0.3) is 0 Å². The molecule has 1 rings (SSSR count). The molecule has 1 aliphatic heterocycles. The van der Waals surface area contributed by atoms with E-state index in [1.165, 1.54) is 6.79 Å². The summed E-state index contributed by atoms with van der Waals surface area (Å²) in [6.45, 7) is 9.64. The first-order valence-corrected chi connectivity index (χ1v) is 3.65. The van der Waals surface area contributed by atoms with Gasteiger partial charge in [-0.2, -0.15) is 0 Å². The highest BCUT2D eigenvalue weighted by molar-refractivity contribution is 4.75. The van der Waals surface area contributed by atoms with Crippen molar-refractivity contribution in [1.82, 2.24) is 0 Å². The number of rotatable bonds is 0. The summed E-state index contributed by atoms with van der Waals surface area (Å²) >= 11 is 0. The van der Waals surface area contributed by atoms with Crippen LogP contribution in [0, 0.1) is 18.1 Å². The zero-order valence-corrected chi connectivity index (χ0v) is 6.89. The number of hydrogen-bond donors (Lipinski definition) is 0. The van der Waals surface area contributed by atoms with Gasteiger partial charge in [0, 0.05) is 5.92 Å². The predicted molar refractivity (Wildman–Crippen MR) is 39.1 cm³/mol. The summed E-state index contributed by atoms with van der Waals surface area (Å²) in [6.07, 6.45) is 0. The molecule has 0 aromatic carbocycles. The van der Waals surface area contributed by atoms with E-state index < -0.39 is 0 Å². The first-order chi connectivity index (χ1) is 4.61. The van der Waals surface area contributed by atoms with Crippen molar-refractivity contribution in [3.63, 3.8) is 0 Å². The summed E-state index contributed by atoms with van der Waals surface area (Å²) in [5.74, 6) is 0.525. The Bertz CT molecular complexity index is 98.3. The molecule has 0 N–H and O–H groups in total. The van der Waals surface area contributed by atoms with Crippen LogP contribution in [0.15, 0.2) is 0 Å². The van der Waals surface area contributed by atoms with Gasteiger partial charge in [-0.05, 0) is 5.41 Å². The van der Waals surface area contributed by atoms with E-state index in [4.69, 9.17) is 9.47 Å². The molecule has 1 fully saturated rings. The van der Waals surface area contributed by atoms with Crippen LogP contribution < -0.4 is 0 Å². The van der Waals surface area contributed by atoms with Crippen molar-refractivity contribution < 1.29 is 9.47 Å². The molecule has 0 saturated carbocycles. The fourth-order valence-electron chi connectivity index (χ4n) is 0.907. The summed E-state index contributed by atoms with van der Waals surface area (Å²) in [7, 11) is 0. The van der Waals surface area contributed by atoms with Crippen molar-refractivity contribution in [3.8, 4) is 0 Å². The fourth-order valence-corrected chi connectivity index (χ4v) is 0.907. The van der Waals surface area contributed by atoms with Crippen LogP contribution >= 0.6 is 0 Å². The zero-order chi connectivity index (χ0) is 7.61. The van der Waals surface area contributed by atoms with Crippen LogP contribution in [0.2, 0.25) is 0 Å². The van der Waals surface area contributed by atoms with Gasteiger partial charge in [0.05, 0.1) is 13.2 Å². The SMILES string of the molecule is CC(C)(C)C1CO[CH]OC1. The quantitative estimate of drug-likeness (QED) is 0.515. The van der Waals surface area contributed by atoms with Crippen molar-refractivity contribution in [2.24, 2.45) is 11.3 Å². The molecule has 1 heterocycles. The molecule has 0 aromatic heterocycles. The Morgan fingerprint density at radius 3 is 2.00 bits per heavy atom. The van der Waals surface area contributed by atoms with Gasteiger partial charge >= 0.3 is 0 Å². The molecule has 1 saturated heterocycles. The Kier molecular flexibility index (Phi) is 2.32. The highest BCUT2D eigenvalue weighted by Crippen LogP contribution is 2.28. The third-order valence-electron chi connectivity index (χ3n) is 1.96. The third kappa shape index (κ3) is 1.96. The molecule has 59 valence electrons. The van der Waals surface area contributed by atoms with Crippen LogP contribution in [-0.4, -0.2) is 13.2 Å². The molecule has 0 spiro atoms. The van der Waals surface area contributed by atoms with E-state index in [0.717, 1.165) is 13.2 Å². The fraction of sp³-hybridized carbons (Fsp3) is 0.875. The van der Waals surface area contributed by atoms with Crippen LogP contribution in [0.4, 0.5) is 0 Å². The van der Waals surface area contributed by atoms with Crippen molar-refractivity contribution in [2.45, 2.75) is 20.8 Å². The molecule has 0 amide bonds. The van der Waals surface area contributed by atoms with Crippen molar-refractivity contribution in [2.75, 3.05) is 13.2 Å². The van der Waals surface area contributed by atoms with E-state index in [9.17, 15) is 0 Å². The lowest BCUT2D eigenvalue weighted by Crippen LogP contribution is -2.32. The predicted octanol–water partition coefficient (Wildman–Crippen LogP) is 1.81. The lowest BCUT2D eigenvalue weighted by atomic mass is 9.81. The summed E-state index contributed by atoms with van der Waals surface area (Å²) in [5.41, 5.74) is 0.300. The molecule has 10 heavy (non-hydrogen) atoms. The minimum absolute atomic E-state index is 0.300. The second-order valence-corrected chi connectivity index (χ2v) is 3.83. The molecule has 0 atom stereocenters. The Hall–Kier alpha value is -0.0800. The minimum atomic E-state index is 0.300. The summed E-state index contributed by atoms with van der Waals surface area (Å²) in [6, 6.07) is 0. The van der Waals surface area contributed by atoms with Crippen LogP contribution in [0.5, 0.6) is 0 Å². The van der Waals surface area contributed by atoms with Crippen LogP contribution in [0.3, 0.4) is 0 Å². The molecule has 0 unspecified atom stereocenters. The minimum Gasteiger partial charge on any atom is -0.348 e. The molecule has 0 aliphatic carbocycles. The van der Waals surface area contributed by atoms with Crippen molar-refractivity contribution in [3.05, 3.63) is 6.79 Å². The Morgan fingerprint density at radius 1 is 1.20 bits per heavy atom. The summed E-state index contributed by atoms with van der Waals surface area (Å²) in [5, 5.41) is 0. The average Bonchev–Trinajstić information content (AvgIpc) is 1.88. The monoisotopic (exact) mass is 143 g/mol. The van der Waals surface area contributed by atoms with E-state index in [1.807, 2.05) is 0 Å². The highest BCUT2D eigenvalue weighted by Gasteiger charge is 2.27. The zero-order valence-electron chi connectivity index (χ0n) is 6.89. The van der Waals surface area contributed by atoms with E-state index in [-0.39, 0.29) is 0 Å². The maximum Gasteiger partial charge on any atom is 0.209 e. The second-order valence-electron chi connectivity index (χ2n) is 3.83. The van der Waals surface area contributed by atoms with Gasteiger partial charge < -0.3 is 9.47 Å². The van der Waals surface area contributed by atoms with Gasteiger partial charge in [0.1, 0.15) is 0 Å². The first-order valence-electron chi connectivity index (χ1n) is 3.65. The van der Waals surface area contributed by atoms with Gasteiger partial charge in [0.15, 0.2) is 0 Å². The van der Waals surface area contributed by atoms with Gasteiger partial charge in [-0.25, -0.2) is 0 Å². The van der Waals surface area contributed by atoms with E-state index in [1.54, 1.807) is 0 Å². The normalized spacial score (nSPS) is 23.1. The Labute approximate surface area is 62.5 Å². The smallest absolute Gasteiger partial charge is 0.209 e. The standard InChI is InChI=1S/C8H15O2/c1-8(2,3)7-4-9-6-10-5-7/h6-7H,4-5H2,1-3H3. The van der Waals surface area contributed by atoms with Crippen LogP contribution in [0.25, 0.3) is 0 Å². The molecule has 1 aliphatic rings. The van der Waals surface area contributed by atoms with Gasteiger partial charge in [-0.1, -0.05) is 20.8 Å². The largest absolute Gasteiger partial charge is 0.348 e. The molecule has 0 aromatic rings. The van der Waals surface area contributed by atoms with Gasteiger partial charge in [-0.3, -0.25) is 0 Å². The molecule has 1 radical (unpaired) electrons. The van der Waals surface area contributed by atoms with Gasteiger partial charge in [0.2, 0.25) is 6.79 Å². The Balaban J connectivity index is 2.39. The van der Waals surface area contributed by atoms with Crippen molar-refractivity contribution in [1.29, 1.82) is 0 Å². The van der Waals surface area contributed by atoms with Crippen LogP contribution in [-0.2, 0) is 9.47 Å². The lowest BCUT2D eigenvalue weighted by Gasteiger charge is -2.32. The van der Waals surface area contributed by atoms with Gasteiger partial charge in [-0.15, -0.1) is 0 Å². The maximum absolute atomic E-state index is 5.06. The van der Waals surface area contributed by atoms with E-state index in [2.05, 4.69) is 20.8 Å². The topological polar surface area (TPSA) is 18.5 Å². The highest BCUT2D eigenvalue weighted by atomic mass is 16.7. The molecule has 2 heteroatoms. The summed E-state index contributed by atoms with van der Waals surface area (Å²) < 4.78 is 10.1. The average molecular weight is 143 g/mol. The maximum atomic E-state index is 5.06. The molecule has 0 bridgehead atoms. The second kappa shape index (κ2) is 2.89. The first kappa shape index (κ1) is 8.02. The molecule has 2 nitrogen and oxygen atoms in total. The van der Waals surface area contributed by atoms with E-state index in [0.29, 0.717) is 11.3 Å². The number of ether oxygens (including phenoxy) is 2. The lowest BCUT2D eigenvalue weighted by molar-refractivity contribution is -0.0911. The van der Waals surface area contributed by atoms with Crippen molar-refractivity contribution >= 4 is 0 Å². The van der Waals surface area contributed by atoms with E-state index >= 15 is 0 Å². The number of hydrogen-bond acceptors (Lipinski definition) is 2. The molecular weight excluding hydrogens is 128 g/mol.